The van der Waals surface area contributed by atoms with Gasteiger partial charge in [0.15, 0.2) is 5.43 Å². The van der Waals surface area contributed by atoms with Gasteiger partial charge < -0.3 is 9.80 Å². The molecule has 1 fully saturated rings. The average molecular weight is 324 g/mol. The fourth-order valence-electron chi connectivity index (χ4n) is 3.33. The van der Waals surface area contributed by atoms with E-state index in [0.717, 1.165) is 52.0 Å². The molecule has 3 nitrogen and oxygen atoms in total. The highest BCUT2D eigenvalue weighted by Crippen LogP contribution is 2.33. The highest BCUT2D eigenvalue weighted by Gasteiger charge is 2.19. The van der Waals surface area contributed by atoms with Crippen molar-refractivity contribution in [2.75, 3.05) is 38.1 Å². The predicted molar refractivity (Wildman–Crippen MR) is 100 cm³/mol. The van der Waals surface area contributed by atoms with Crippen molar-refractivity contribution in [3.05, 3.63) is 52.2 Å². The van der Waals surface area contributed by atoms with Gasteiger partial charge in [-0.25, -0.2) is 0 Å². The number of anilines is 1. The Kier molecular flexibility index (Phi) is 3.58. The van der Waals surface area contributed by atoms with Crippen LogP contribution in [0.4, 0.5) is 5.69 Å². The Balaban J connectivity index is 2.00. The molecule has 0 amide bonds. The lowest BCUT2D eigenvalue weighted by molar-refractivity contribution is 0.313. The summed E-state index contributed by atoms with van der Waals surface area (Å²) >= 11 is 1.73. The fourth-order valence-corrected chi connectivity index (χ4v) is 4.49. The summed E-state index contributed by atoms with van der Waals surface area (Å²) in [6, 6.07) is 12.2. The first kappa shape index (κ1) is 14.7. The molecule has 4 rings (SSSR count). The zero-order valence-electron chi connectivity index (χ0n) is 13.5. The predicted octanol–water partition coefficient (Wildman–Crippen LogP) is 3.47. The van der Waals surface area contributed by atoms with Gasteiger partial charge in [-0.2, -0.15) is 0 Å². The molecule has 118 valence electrons. The minimum Gasteiger partial charge on any atom is -0.368 e. The standard InChI is InChI=1S/C19H20N2OS/c1-13-7-8-15(21-11-9-20(2)10-12-21)17-18(22)14-5-3-4-6-16(14)23-19(13)17/h3-8H,9-12H2,1-2H3. The van der Waals surface area contributed by atoms with Crippen molar-refractivity contribution in [3.63, 3.8) is 0 Å². The SMILES string of the molecule is Cc1ccc(N2CCN(C)CC2)c2c(=O)c3ccccc3sc12. The van der Waals surface area contributed by atoms with Crippen LogP contribution in [0.15, 0.2) is 41.2 Å². The van der Waals surface area contributed by atoms with E-state index >= 15 is 0 Å². The van der Waals surface area contributed by atoms with Crippen molar-refractivity contribution in [2.24, 2.45) is 0 Å². The Morgan fingerprint density at radius 1 is 1.00 bits per heavy atom. The van der Waals surface area contributed by atoms with Crippen LogP contribution in [0.3, 0.4) is 0 Å². The molecule has 0 radical (unpaired) electrons. The second kappa shape index (κ2) is 5.62. The smallest absolute Gasteiger partial charge is 0.197 e. The highest BCUT2D eigenvalue weighted by molar-refractivity contribution is 7.24. The van der Waals surface area contributed by atoms with E-state index in [1.165, 1.54) is 5.56 Å². The molecule has 2 aromatic carbocycles. The van der Waals surface area contributed by atoms with Crippen LogP contribution in [0, 0.1) is 6.92 Å². The van der Waals surface area contributed by atoms with Gasteiger partial charge in [0.2, 0.25) is 0 Å². The van der Waals surface area contributed by atoms with Gasteiger partial charge in [-0.3, -0.25) is 4.79 Å². The zero-order valence-corrected chi connectivity index (χ0v) is 14.3. The Morgan fingerprint density at radius 3 is 2.52 bits per heavy atom. The molecular formula is C19H20N2OS. The van der Waals surface area contributed by atoms with Crippen LogP contribution < -0.4 is 10.3 Å². The number of piperazine rings is 1. The molecule has 1 saturated heterocycles. The number of benzene rings is 2. The van der Waals surface area contributed by atoms with Crippen LogP contribution in [0.2, 0.25) is 0 Å². The van der Waals surface area contributed by atoms with E-state index in [-0.39, 0.29) is 5.43 Å². The maximum atomic E-state index is 13.1. The van der Waals surface area contributed by atoms with Gasteiger partial charge in [-0.1, -0.05) is 18.2 Å². The van der Waals surface area contributed by atoms with Crippen molar-refractivity contribution in [1.82, 2.24) is 4.90 Å². The largest absolute Gasteiger partial charge is 0.368 e. The number of fused-ring (bicyclic) bond motifs is 2. The molecule has 0 atom stereocenters. The number of aryl methyl sites for hydroxylation is 1. The van der Waals surface area contributed by atoms with E-state index in [1.807, 2.05) is 24.3 Å². The Morgan fingerprint density at radius 2 is 1.74 bits per heavy atom. The van der Waals surface area contributed by atoms with E-state index in [1.54, 1.807) is 11.3 Å². The van der Waals surface area contributed by atoms with E-state index in [2.05, 4.69) is 35.9 Å². The Hall–Kier alpha value is -1.91. The molecule has 0 bridgehead atoms. The van der Waals surface area contributed by atoms with Gasteiger partial charge >= 0.3 is 0 Å². The van der Waals surface area contributed by atoms with Crippen molar-refractivity contribution < 1.29 is 0 Å². The molecule has 1 aliphatic heterocycles. The summed E-state index contributed by atoms with van der Waals surface area (Å²) in [5.74, 6) is 0. The van der Waals surface area contributed by atoms with Crippen LogP contribution in [0.5, 0.6) is 0 Å². The quantitative estimate of drug-likeness (QED) is 0.640. The summed E-state index contributed by atoms with van der Waals surface area (Å²) < 4.78 is 2.20. The summed E-state index contributed by atoms with van der Waals surface area (Å²) in [7, 11) is 2.15. The molecule has 1 aliphatic rings. The van der Waals surface area contributed by atoms with Gasteiger partial charge in [0.25, 0.3) is 0 Å². The maximum Gasteiger partial charge on any atom is 0.197 e. The van der Waals surface area contributed by atoms with Crippen molar-refractivity contribution in [2.45, 2.75) is 6.92 Å². The molecule has 3 aromatic rings. The molecule has 23 heavy (non-hydrogen) atoms. The van der Waals surface area contributed by atoms with E-state index in [9.17, 15) is 4.79 Å². The van der Waals surface area contributed by atoms with Crippen LogP contribution >= 0.6 is 11.3 Å². The maximum absolute atomic E-state index is 13.1. The molecule has 1 aromatic heterocycles. The third kappa shape index (κ3) is 2.42. The normalized spacial score (nSPS) is 16.3. The zero-order chi connectivity index (χ0) is 16.0. The van der Waals surface area contributed by atoms with E-state index in [0.29, 0.717) is 0 Å². The first-order valence-electron chi connectivity index (χ1n) is 8.04. The van der Waals surface area contributed by atoms with Crippen LogP contribution in [0.1, 0.15) is 5.56 Å². The minimum absolute atomic E-state index is 0.173. The third-order valence-corrected chi connectivity index (χ3v) is 6.05. The van der Waals surface area contributed by atoms with Gasteiger partial charge in [0.1, 0.15) is 0 Å². The number of hydrogen-bond donors (Lipinski definition) is 0. The molecule has 0 aliphatic carbocycles. The Labute approximate surface area is 139 Å². The molecule has 0 N–H and O–H groups in total. The highest BCUT2D eigenvalue weighted by atomic mass is 32.1. The second-order valence-electron chi connectivity index (χ2n) is 6.32. The molecule has 0 unspecified atom stereocenters. The first-order valence-corrected chi connectivity index (χ1v) is 8.85. The summed E-state index contributed by atoms with van der Waals surface area (Å²) in [6.07, 6.45) is 0. The molecule has 4 heteroatoms. The monoisotopic (exact) mass is 324 g/mol. The number of hydrogen-bond acceptors (Lipinski definition) is 4. The molecular weight excluding hydrogens is 304 g/mol. The van der Waals surface area contributed by atoms with Crippen LogP contribution in [-0.4, -0.2) is 38.1 Å². The lowest BCUT2D eigenvalue weighted by Gasteiger charge is -2.34. The van der Waals surface area contributed by atoms with Gasteiger partial charge in [0.05, 0.1) is 5.39 Å². The number of rotatable bonds is 1. The summed E-state index contributed by atoms with van der Waals surface area (Å²) in [5, 5.41) is 1.74. The molecule has 0 saturated carbocycles. The minimum atomic E-state index is 0.173. The van der Waals surface area contributed by atoms with Crippen molar-refractivity contribution in [1.29, 1.82) is 0 Å². The topological polar surface area (TPSA) is 23.6 Å². The second-order valence-corrected chi connectivity index (χ2v) is 7.38. The summed E-state index contributed by atoms with van der Waals surface area (Å²) in [5.41, 5.74) is 2.46. The average Bonchev–Trinajstić information content (AvgIpc) is 2.57. The van der Waals surface area contributed by atoms with E-state index < -0.39 is 0 Å². The first-order chi connectivity index (χ1) is 11.1. The van der Waals surface area contributed by atoms with Crippen LogP contribution in [-0.2, 0) is 0 Å². The van der Waals surface area contributed by atoms with Crippen molar-refractivity contribution >= 4 is 37.2 Å². The lowest BCUT2D eigenvalue weighted by Crippen LogP contribution is -2.44. The fraction of sp³-hybridized carbons (Fsp3) is 0.316. The molecule has 2 heterocycles. The summed E-state index contributed by atoms with van der Waals surface area (Å²) in [4.78, 5) is 17.8. The van der Waals surface area contributed by atoms with Gasteiger partial charge in [0, 0.05) is 46.7 Å². The Bertz CT molecular complexity index is 939. The summed E-state index contributed by atoms with van der Waals surface area (Å²) in [6.45, 7) is 6.14. The molecule has 0 spiro atoms. The lowest BCUT2D eigenvalue weighted by atomic mass is 10.1. The number of nitrogens with zero attached hydrogens (tertiary/aromatic N) is 2. The van der Waals surface area contributed by atoms with Gasteiger partial charge in [-0.15, -0.1) is 11.3 Å². The van der Waals surface area contributed by atoms with Crippen molar-refractivity contribution in [3.8, 4) is 0 Å². The van der Waals surface area contributed by atoms with E-state index in [4.69, 9.17) is 0 Å². The number of likely N-dealkylation sites (N-methyl/N-ethyl adjacent to an activating group) is 1. The third-order valence-electron chi connectivity index (χ3n) is 4.75. The van der Waals surface area contributed by atoms with Gasteiger partial charge in [-0.05, 0) is 37.7 Å². The van der Waals surface area contributed by atoms with Crippen LogP contribution in [0.25, 0.3) is 20.2 Å².